The van der Waals surface area contributed by atoms with Gasteiger partial charge in [-0.2, -0.15) is 0 Å². The quantitative estimate of drug-likeness (QED) is 0.778. The molecule has 0 unspecified atom stereocenters. The summed E-state index contributed by atoms with van der Waals surface area (Å²) in [5, 5.41) is 14.0. The van der Waals surface area contributed by atoms with Crippen molar-refractivity contribution >= 4 is 10.8 Å². The number of nitrogens with zero attached hydrogens (tertiary/aromatic N) is 2. The van der Waals surface area contributed by atoms with Gasteiger partial charge in [0, 0.05) is 24.6 Å². The van der Waals surface area contributed by atoms with Crippen LogP contribution in [0.4, 0.5) is 0 Å². The third-order valence-corrected chi connectivity index (χ3v) is 3.38. The van der Waals surface area contributed by atoms with Crippen LogP contribution in [0.5, 0.6) is 0 Å². The first-order valence-corrected chi connectivity index (χ1v) is 7.28. The second kappa shape index (κ2) is 6.06. The Kier molecular flexibility index (Phi) is 3.97. The molecule has 4 nitrogen and oxygen atoms in total. The molecular formula is C17H19N3O. The molecule has 0 saturated carbocycles. The predicted octanol–water partition coefficient (Wildman–Crippen LogP) is 3.43. The van der Waals surface area contributed by atoms with Crippen LogP contribution in [0.1, 0.15) is 19.7 Å². The minimum Gasteiger partial charge on any atom is -0.421 e. The summed E-state index contributed by atoms with van der Waals surface area (Å²) >= 11 is 0. The lowest BCUT2D eigenvalue weighted by molar-refractivity contribution is 0.484. The number of nitrogens with one attached hydrogen (secondary N) is 1. The zero-order valence-corrected chi connectivity index (χ0v) is 12.3. The normalized spacial score (nSPS) is 11.4. The molecule has 0 aliphatic carbocycles. The smallest absolute Gasteiger partial charge is 0.248 e. The van der Waals surface area contributed by atoms with Crippen LogP contribution < -0.4 is 5.32 Å². The van der Waals surface area contributed by atoms with Crippen molar-refractivity contribution in [3.05, 3.63) is 48.4 Å². The van der Waals surface area contributed by atoms with Crippen molar-refractivity contribution in [2.45, 2.75) is 26.3 Å². The number of aromatic nitrogens is 2. The highest BCUT2D eigenvalue weighted by molar-refractivity contribution is 5.94. The maximum absolute atomic E-state index is 5.80. The van der Waals surface area contributed by atoms with Crippen LogP contribution >= 0.6 is 0 Å². The molecule has 0 aliphatic rings. The Bertz CT molecular complexity index is 728. The van der Waals surface area contributed by atoms with E-state index in [0.717, 1.165) is 23.9 Å². The highest BCUT2D eigenvalue weighted by Gasteiger charge is 2.11. The molecule has 0 saturated heterocycles. The first-order chi connectivity index (χ1) is 10.2. The first-order valence-electron chi connectivity index (χ1n) is 7.28. The van der Waals surface area contributed by atoms with Crippen LogP contribution in [0.25, 0.3) is 22.2 Å². The second-order valence-corrected chi connectivity index (χ2v) is 5.39. The van der Waals surface area contributed by atoms with Gasteiger partial charge in [-0.15, -0.1) is 10.2 Å². The van der Waals surface area contributed by atoms with Gasteiger partial charge in [-0.1, -0.05) is 50.2 Å². The lowest BCUT2D eigenvalue weighted by atomic mass is 10.0. The van der Waals surface area contributed by atoms with Crippen molar-refractivity contribution < 1.29 is 4.42 Å². The summed E-state index contributed by atoms with van der Waals surface area (Å²) in [6, 6.07) is 14.8. The molecule has 0 aliphatic heterocycles. The van der Waals surface area contributed by atoms with Crippen LogP contribution in [0.15, 0.2) is 46.9 Å². The average Bonchev–Trinajstić information content (AvgIpc) is 2.95. The minimum atomic E-state index is 0.463. The molecule has 0 atom stereocenters. The van der Waals surface area contributed by atoms with Gasteiger partial charge in [-0.05, 0) is 16.8 Å². The predicted molar refractivity (Wildman–Crippen MR) is 84.1 cm³/mol. The molecule has 21 heavy (non-hydrogen) atoms. The third kappa shape index (κ3) is 3.11. The lowest BCUT2D eigenvalue weighted by Crippen LogP contribution is -2.25. The molecule has 1 heterocycles. The Balaban J connectivity index is 1.85. The van der Waals surface area contributed by atoms with Crippen molar-refractivity contribution in [2.75, 3.05) is 6.54 Å². The first kappa shape index (κ1) is 13.8. The van der Waals surface area contributed by atoms with Gasteiger partial charge in [-0.25, -0.2) is 0 Å². The standard InChI is InChI=1S/C17H19N3O/c1-12(2)18-11-10-16-19-20-17(21-16)15-9-5-7-13-6-3-4-8-14(13)15/h3-9,12,18H,10-11H2,1-2H3. The second-order valence-electron chi connectivity index (χ2n) is 5.39. The largest absolute Gasteiger partial charge is 0.421 e. The van der Waals surface area contributed by atoms with Crippen molar-refractivity contribution in [3.63, 3.8) is 0 Å². The zero-order valence-electron chi connectivity index (χ0n) is 12.3. The number of hydrogen-bond acceptors (Lipinski definition) is 4. The van der Waals surface area contributed by atoms with Gasteiger partial charge >= 0.3 is 0 Å². The van der Waals surface area contributed by atoms with E-state index in [0.29, 0.717) is 17.8 Å². The van der Waals surface area contributed by atoms with Crippen molar-refractivity contribution in [1.29, 1.82) is 0 Å². The summed E-state index contributed by atoms with van der Waals surface area (Å²) in [5.74, 6) is 1.26. The topological polar surface area (TPSA) is 51.0 Å². The van der Waals surface area contributed by atoms with Gasteiger partial charge in [-0.3, -0.25) is 0 Å². The van der Waals surface area contributed by atoms with Crippen molar-refractivity contribution in [2.24, 2.45) is 0 Å². The van der Waals surface area contributed by atoms with Crippen LogP contribution in [-0.2, 0) is 6.42 Å². The van der Waals surface area contributed by atoms with Gasteiger partial charge in [0.1, 0.15) is 0 Å². The van der Waals surface area contributed by atoms with E-state index in [9.17, 15) is 0 Å². The molecule has 108 valence electrons. The molecule has 2 aromatic carbocycles. The summed E-state index contributed by atoms with van der Waals surface area (Å²) in [6.45, 7) is 5.08. The molecule has 1 aromatic heterocycles. The monoisotopic (exact) mass is 281 g/mol. The fourth-order valence-electron chi connectivity index (χ4n) is 2.34. The maximum Gasteiger partial charge on any atom is 0.248 e. The van der Waals surface area contributed by atoms with E-state index in [1.807, 2.05) is 24.3 Å². The van der Waals surface area contributed by atoms with Gasteiger partial charge in [0.05, 0.1) is 0 Å². The van der Waals surface area contributed by atoms with E-state index in [4.69, 9.17) is 4.42 Å². The average molecular weight is 281 g/mol. The van der Waals surface area contributed by atoms with E-state index in [1.54, 1.807) is 0 Å². The molecule has 0 bridgehead atoms. The van der Waals surface area contributed by atoms with Gasteiger partial charge in [0.15, 0.2) is 0 Å². The number of fused-ring (bicyclic) bond motifs is 1. The summed E-state index contributed by atoms with van der Waals surface area (Å²) in [7, 11) is 0. The SMILES string of the molecule is CC(C)NCCc1nnc(-c2cccc3ccccc23)o1. The highest BCUT2D eigenvalue weighted by Crippen LogP contribution is 2.27. The number of rotatable bonds is 5. The third-order valence-electron chi connectivity index (χ3n) is 3.38. The fourth-order valence-corrected chi connectivity index (χ4v) is 2.34. The minimum absolute atomic E-state index is 0.463. The molecule has 0 amide bonds. The zero-order chi connectivity index (χ0) is 14.7. The molecule has 0 spiro atoms. The van der Waals surface area contributed by atoms with Gasteiger partial charge < -0.3 is 9.73 Å². The Morgan fingerprint density at radius 3 is 2.71 bits per heavy atom. The van der Waals surface area contributed by atoms with E-state index >= 15 is 0 Å². The van der Waals surface area contributed by atoms with Crippen molar-refractivity contribution in [3.8, 4) is 11.5 Å². The van der Waals surface area contributed by atoms with Crippen molar-refractivity contribution in [1.82, 2.24) is 15.5 Å². The molecule has 4 heteroatoms. The Morgan fingerprint density at radius 1 is 1.05 bits per heavy atom. The molecule has 3 rings (SSSR count). The number of hydrogen-bond donors (Lipinski definition) is 1. The summed E-state index contributed by atoms with van der Waals surface area (Å²) in [6.07, 6.45) is 0.746. The molecule has 3 aromatic rings. The molecule has 0 fully saturated rings. The highest BCUT2D eigenvalue weighted by atomic mass is 16.4. The summed E-state index contributed by atoms with van der Waals surface area (Å²) in [5.41, 5.74) is 0.990. The van der Waals surface area contributed by atoms with Crippen LogP contribution in [-0.4, -0.2) is 22.8 Å². The summed E-state index contributed by atoms with van der Waals surface area (Å²) < 4.78 is 5.80. The number of benzene rings is 2. The van der Waals surface area contributed by atoms with Gasteiger partial charge in [0.25, 0.3) is 0 Å². The van der Waals surface area contributed by atoms with E-state index < -0.39 is 0 Å². The fraction of sp³-hybridized carbons (Fsp3) is 0.294. The Labute approximate surface area is 124 Å². The summed E-state index contributed by atoms with van der Waals surface area (Å²) in [4.78, 5) is 0. The maximum atomic E-state index is 5.80. The van der Waals surface area contributed by atoms with Crippen LogP contribution in [0.2, 0.25) is 0 Å². The van der Waals surface area contributed by atoms with E-state index in [1.165, 1.54) is 5.39 Å². The van der Waals surface area contributed by atoms with Gasteiger partial charge in [0.2, 0.25) is 11.8 Å². The molecule has 0 radical (unpaired) electrons. The molecular weight excluding hydrogens is 262 g/mol. The lowest BCUT2D eigenvalue weighted by Gasteiger charge is -2.05. The Morgan fingerprint density at radius 2 is 1.86 bits per heavy atom. The molecule has 1 N–H and O–H groups in total. The van der Waals surface area contributed by atoms with E-state index in [2.05, 4.69) is 47.6 Å². The van der Waals surface area contributed by atoms with E-state index in [-0.39, 0.29) is 0 Å². The van der Waals surface area contributed by atoms with Crippen LogP contribution in [0.3, 0.4) is 0 Å². The van der Waals surface area contributed by atoms with Crippen LogP contribution in [0, 0.1) is 0 Å². The Hall–Kier alpha value is -2.20.